The van der Waals surface area contributed by atoms with Crippen LogP contribution >= 0.6 is 0 Å². The van der Waals surface area contributed by atoms with E-state index in [0.29, 0.717) is 49.1 Å². The predicted molar refractivity (Wildman–Crippen MR) is 136 cm³/mol. The molecule has 1 saturated heterocycles. The van der Waals surface area contributed by atoms with Crippen molar-refractivity contribution in [3.8, 4) is 11.5 Å². The molecule has 0 bridgehead atoms. The highest BCUT2D eigenvalue weighted by atomic mass is 32.2. The van der Waals surface area contributed by atoms with Crippen LogP contribution in [0.4, 0.5) is 24.5 Å². The van der Waals surface area contributed by atoms with Crippen LogP contribution in [0.25, 0.3) is 0 Å². The number of amides is 1. The Labute approximate surface area is 218 Å². The number of alkyl halides is 3. The first-order chi connectivity index (χ1) is 18.0. The molecule has 0 radical (unpaired) electrons. The van der Waals surface area contributed by atoms with Crippen molar-refractivity contribution >= 4 is 27.3 Å². The number of methoxy groups -OCH3 is 1. The van der Waals surface area contributed by atoms with E-state index in [4.69, 9.17) is 9.47 Å². The second-order valence-electron chi connectivity index (χ2n) is 8.51. The zero-order valence-electron chi connectivity index (χ0n) is 20.4. The molecule has 202 valence electrons. The van der Waals surface area contributed by atoms with Gasteiger partial charge in [0.05, 0.1) is 17.6 Å². The van der Waals surface area contributed by atoms with Crippen LogP contribution in [0, 0.1) is 0 Å². The Kier molecular flexibility index (Phi) is 8.00. The summed E-state index contributed by atoms with van der Waals surface area (Å²) >= 11 is 0. The van der Waals surface area contributed by atoms with Crippen molar-refractivity contribution in [2.75, 3.05) is 49.5 Å². The fourth-order valence-corrected chi connectivity index (χ4v) is 4.98. The van der Waals surface area contributed by atoms with Crippen molar-refractivity contribution in [3.05, 3.63) is 78.4 Å². The number of piperazine rings is 1. The zero-order valence-corrected chi connectivity index (χ0v) is 21.3. The van der Waals surface area contributed by atoms with Gasteiger partial charge in [0.1, 0.15) is 11.5 Å². The quantitative estimate of drug-likeness (QED) is 0.452. The average Bonchev–Trinajstić information content (AvgIpc) is 2.92. The number of sulfonamides is 1. The number of carbonyl (C=O) groups excluding carboxylic acids is 1. The van der Waals surface area contributed by atoms with E-state index < -0.39 is 21.8 Å². The van der Waals surface area contributed by atoms with Crippen LogP contribution in [-0.4, -0.2) is 59.1 Å². The number of nitrogens with zero attached hydrogens (tertiary/aromatic N) is 2. The van der Waals surface area contributed by atoms with Crippen molar-refractivity contribution in [3.63, 3.8) is 0 Å². The number of hydrogen-bond acceptors (Lipinski definition) is 6. The van der Waals surface area contributed by atoms with Gasteiger partial charge in [-0.25, -0.2) is 8.42 Å². The molecule has 1 aliphatic heterocycles. The Balaban J connectivity index is 1.27. The molecule has 3 aromatic rings. The van der Waals surface area contributed by atoms with Gasteiger partial charge >= 0.3 is 6.18 Å². The molecule has 1 amide bonds. The topological polar surface area (TPSA) is 88.2 Å². The van der Waals surface area contributed by atoms with Gasteiger partial charge in [0.15, 0.2) is 6.61 Å². The van der Waals surface area contributed by atoms with Crippen LogP contribution in [0.15, 0.2) is 77.7 Å². The first-order valence-electron chi connectivity index (χ1n) is 11.6. The lowest BCUT2D eigenvalue weighted by Crippen LogP contribution is -2.50. The number of nitrogens with one attached hydrogen (secondary N) is 1. The van der Waals surface area contributed by atoms with E-state index in [1.807, 2.05) is 0 Å². The maximum Gasteiger partial charge on any atom is 0.416 e. The van der Waals surface area contributed by atoms with Gasteiger partial charge in [-0.2, -0.15) is 13.2 Å². The van der Waals surface area contributed by atoms with Gasteiger partial charge in [-0.3, -0.25) is 9.52 Å². The summed E-state index contributed by atoms with van der Waals surface area (Å²) in [5, 5.41) is 0. The number of anilines is 2. The van der Waals surface area contributed by atoms with E-state index in [0.717, 1.165) is 12.1 Å². The minimum Gasteiger partial charge on any atom is -0.497 e. The Bertz CT molecular complexity index is 1360. The lowest BCUT2D eigenvalue weighted by Gasteiger charge is -2.36. The third-order valence-corrected chi connectivity index (χ3v) is 7.41. The van der Waals surface area contributed by atoms with Crippen LogP contribution in [0.2, 0.25) is 0 Å². The molecule has 8 nitrogen and oxygen atoms in total. The van der Waals surface area contributed by atoms with Gasteiger partial charge in [0.25, 0.3) is 15.9 Å². The molecule has 0 atom stereocenters. The molecule has 1 heterocycles. The summed E-state index contributed by atoms with van der Waals surface area (Å²) in [6, 6.07) is 17.2. The van der Waals surface area contributed by atoms with Crippen molar-refractivity contribution in [2.24, 2.45) is 0 Å². The van der Waals surface area contributed by atoms with E-state index in [2.05, 4.69) is 4.72 Å². The van der Waals surface area contributed by atoms with Crippen molar-refractivity contribution < 1.29 is 35.9 Å². The fraction of sp³-hybridized carbons (Fsp3) is 0.269. The normalized spacial score (nSPS) is 14.2. The van der Waals surface area contributed by atoms with E-state index in [1.54, 1.807) is 40.1 Å². The fourth-order valence-electron chi connectivity index (χ4n) is 3.92. The third-order valence-electron chi connectivity index (χ3n) is 6.01. The molecule has 1 aliphatic rings. The molecule has 0 unspecified atom stereocenters. The molecule has 0 spiro atoms. The van der Waals surface area contributed by atoms with Crippen LogP contribution in [0.3, 0.4) is 0 Å². The molecule has 12 heteroatoms. The third kappa shape index (κ3) is 6.68. The number of ether oxygens (including phenoxy) is 2. The number of rotatable bonds is 8. The predicted octanol–water partition coefficient (Wildman–Crippen LogP) is 4.24. The highest BCUT2D eigenvalue weighted by molar-refractivity contribution is 7.92. The molecule has 38 heavy (non-hydrogen) atoms. The molecule has 1 fully saturated rings. The number of carbonyl (C=O) groups is 1. The maximum absolute atomic E-state index is 13.0. The minimum atomic E-state index is -4.42. The molecular formula is C26H26F3N3O5S. The molecule has 1 N–H and O–H groups in total. The Morgan fingerprint density at radius 2 is 1.55 bits per heavy atom. The van der Waals surface area contributed by atoms with Crippen molar-refractivity contribution in [1.29, 1.82) is 0 Å². The van der Waals surface area contributed by atoms with Gasteiger partial charge in [0.2, 0.25) is 0 Å². The summed E-state index contributed by atoms with van der Waals surface area (Å²) < 4.78 is 77.3. The van der Waals surface area contributed by atoms with Gasteiger partial charge in [-0.15, -0.1) is 0 Å². The SMILES string of the molecule is COc1ccc(NS(=O)(=O)c2ccc(OCC(=O)N3CCN(c4cccc(C(F)(F)F)c4)CC3)cc2)cc1. The lowest BCUT2D eigenvalue weighted by molar-refractivity contribution is -0.137. The molecule has 0 saturated carbocycles. The lowest BCUT2D eigenvalue weighted by atomic mass is 10.1. The van der Waals surface area contributed by atoms with Crippen LogP contribution in [0.5, 0.6) is 11.5 Å². The smallest absolute Gasteiger partial charge is 0.416 e. The summed E-state index contributed by atoms with van der Waals surface area (Å²) in [6.07, 6.45) is -4.42. The molecule has 0 aliphatic carbocycles. The average molecular weight is 550 g/mol. The minimum absolute atomic E-state index is 0.0257. The molecule has 3 aromatic carbocycles. The summed E-state index contributed by atoms with van der Waals surface area (Å²) in [7, 11) is -2.31. The highest BCUT2D eigenvalue weighted by Gasteiger charge is 2.31. The second-order valence-corrected chi connectivity index (χ2v) is 10.2. The first kappa shape index (κ1) is 27.1. The largest absolute Gasteiger partial charge is 0.497 e. The second kappa shape index (κ2) is 11.2. The molecule has 4 rings (SSSR count). The zero-order chi connectivity index (χ0) is 27.3. The van der Waals surface area contributed by atoms with Crippen molar-refractivity contribution in [1.82, 2.24) is 4.90 Å². The number of benzene rings is 3. The van der Waals surface area contributed by atoms with E-state index in [-0.39, 0.29) is 17.4 Å². The summed E-state index contributed by atoms with van der Waals surface area (Å²) in [4.78, 5) is 16.0. The summed E-state index contributed by atoms with van der Waals surface area (Å²) in [5.74, 6) is 0.650. The monoisotopic (exact) mass is 549 g/mol. The summed E-state index contributed by atoms with van der Waals surface area (Å²) in [6.45, 7) is 1.21. The van der Waals surface area contributed by atoms with E-state index in [1.165, 1.54) is 37.4 Å². The van der Waals surface area contributed by atoms with Crippen LogP contribution in [-0.2, 0) is 21.0 Å². The summed E-state index contributed by atoms with van der Waals surface area (Å²) in [5.41, 5.74) is 0.127. The van der Waals surface area contributed by atoms with Gasteiger partial charge in [0, 0.05) is 37.6 Å². The van der Waals surface area contributed by atoms with Crippen molar-refractivity contribution in [2.45, 2.75) is 11.1 Å². The Hall–Kier alpha value is -3.93. The van der Waals surface area contributed by atoms with Gasteiger partial charge in [-0.05, 0) is 66.7 Å². The molecular weight excluding hydrogens is 523 g/mol. The maximum atomic E-state index is 13.0. The number of halogens is 3. The van der Waals surface area contributed by atoms with Gasteiger partial charge in [-0.1, -0.05) is 6.07 Å². The first-order valence-corrected chi connectivity index (χ1v) is 13.1. The van der Waals surface area contributed by atoms with Gasteiger partial charge < -0.3 is 19.3 Å². The highest BCUT2D eigenvalue weighted by Crippen LogP contribution is 2.32. The van der Waals surface area contributed by atoms with Crippen LogP contribution < -0.4 is 19.1 Å². The van der Waals surface area contributed by atoms with E-state index >= 15 is 0 Å². The van der Waals surface area contributed by atoms with E-state index in [9.17, 15) is 26.4 Å². The standard InChI is InChI=1S/C26H26F3N3O5S/c1-36-22-7-5-20(6-8-22)30-38(34,35)24-11-9-23(10-12-24)37-18-25(33)32-15-13-31(14-16-32)21-4-2-3-19(17-21)26(27,28)29/h2-12,17,30H,13-16,18H2,1H3. The number of hydrogen-bond donors (Lipinski definition) is 1. The Morgan fingerprint density at radius 3 is 2.16 bits per heavy atom. The Morgan fingerprint density at radius 1 is 0.921 bits per heavy atom. The van der Waals surface area contributed by atoms with Crippen LogP contribution in [0.1, 0.15) is 5.56 Å². The molecule has 0 aromatic heterocycles.